The molecule has 1 N–H and O–H groups in total. The topological polar surface area (TPSA) is 50.3 Å². The molecule has 1 unspecified atom stereocenters. The zero-order valence-corrected chi connectivity index (χ0v) is 16.3. The fourth-order valence-corrected chi connectivity index (χ4v) is 3.62. The summed E-state index contributed by atoms with van der Waals surface area (Å²) in [5.41, 5.74) is 2.13. The third kappa shape index (κ3) is 5.37. The number of nitrogens with one attached hydrogen (secondary N) is 1. The molecule has 5 nitrogen and oxygen atoms in total. The van der Waals surface area contributed by atoms with Gasteiger partial charge in [-0.15, -0.1) is 0 Å². The SMILES string of the molecule is Fc1cccc(C(CNc2ccnc(Cc3ccccc3)n2)N2CCOCC2)c1. The molecule has 0 spiro atoms. The predicted octanol–water partition coefficient (Wildman–Crippen LogP) is 3.69. The maximum Gasteiger partial charge on any atom is 0.135 e. The van der Waals surface area contributed by atoms with Gasteiger partial charge in [0.2, 0.25) is 0 Å². The zero-order chi connectivity index (χ0) is 19.9. The standard InChI is InChI=1S/C23H25FN4O/c24-20-8-4-7-19(16-20)21(28-11-13-29-14-12-28)17-26-22-9-10-25-23(27-22)15-18-5-2-1-3-6-18/h1-10,16,21H,11-15,17H2,(H,25,26,27). The number of rotatable bonds is 7. The second-order valence-corrected chi connectivity index (χ2v) is 7.12. The highest BCUT2D eigenvalue weighted by atomic mass is 19.1. The number of nitrogens with zero attached hydrogens (tertiary/aromatic N) is 3. The van der Waals surface area contributed by atoms with Crippen molar-refractivity contribution in [2.24, 2.45) is 0 Å². The zero-order valence-electron chi connectivity index (χ0n) is 16.3. The van der Waals surface area contributed by atoms with Crippen molar-refractivity contribution >= 4 is 5.82 Å². The Balaban J connectivity index is 1.47. The van der Waals surface area contributed by atoms with Crippen molar-refractivity contribution in [1.82, 2.24) is 14.9 Å². The van der Waals surface area contributed by atoms with Crippen molar-refractivity contribution in [3.8, 4) is 0 Å². The summed E-state index contributed by atoms with van der Waals surface area (Å²) in [4.78, 5) is 11.4. The van der Waals surface area contributed by atoms with Crippen LogP contribution < -0.4 is 5.32 Å². The van der Waals surface area contributed by atoms with Crippen molar-refractivity contribution < 1.29 is 9.13 Å². The lowest BCUT2D eigenvalue weighted by Crippen LogP contribution is -2.41. The first-order chi connectivity index (χ1) is 14.3. The molecule has 0 saturated carbocycles. The van der Waals surface area contributed by atoms with Gasteiger partial charge in [0.25, 0.3) is 0 Å². The third-order valence-corrected chi connectivity index (χ3v) is 5.11. The van der Waals surface area contributed by atoms with Gasteiger partial charge >= 0.3 is 0 Å². The maximum atomic E-state index is 13.8. The van der Waals surface area contributed by atoms with E-state index in [-0.39, 0.29) is 11.9 Å². The maximum absolute atomic E-state index is 13.8. The monoisotopic (exact) mass is 392 g/mol. The highest BCUT2D eigenvalue weighted by Gasteiger charge is 2.23. The number of halogens is 1. The molecule has 0 aliphatic carbocycles. The van der Waals surface area contributed by atoms with Gasteiger partial charge in [-0.1, -0.05) is 42.5 Å². The number of benzene rings is 2. The van der Waals surface area contributed by atoms with Crippen LogP contribution >= 0.6 is 0 Å². The minimum Gasteiger partial charge on any atom is -0.379 e. The molecule has 6 heteroatoms. The van der Waals surface area contributed by atoms with Crippen molar-refractivity contribution in [1.29, 1.82) is 0 Å². The second-order valence-electron chi connectivity index (χ2n) is 7.12. The molecule has 2 aromatic carbocycles. The number of anilines is 1. The first-order valence-corrected chi connectivity index (χ1v) is 9.95. The first kappa shape index (κ1) is 19.5. The van der Waals surface area contributed by atoms with Crippen molar-refractivity contribution in [3.05, 3.63) is 89.6 Å². The van der Waals surface area contributed by atoms with E-state index in [4.69, 9.17) is 4.74 Å². The molecule has 3 aromatic rings. The molecule has 4 rings (SSSR count). The van der Waals surface area contributed by atoms with Crippen LogP contribution in [0.3, 0.4) is 0 Å². The summed E-state index contributed by atoms with van der Waals surface area (Å²) < 4.78 is 19.3. The van der Waals surface area contributed by atoms with Crippen LogP contribution in [0.25, 0.3) is 0 Å². The summed E-state index contributed by atoms with van der Waals surface area (Å²) in [7, 11) is 0. The second kappa shape index (κ2) is 9.58. The molecular formula is C23H25FN4O. The van der Waals surface area contributed by atoms with Crippen LogP contribution in [0.4, 0.5) is 10.2 Å². The van der Waals surface area contributed by atoms with Gasteiger partial charge in [0.15, 0.2) is 0 Å². The Kier molecular flexibility index (Phi) is 6.44. The summed E-state index contributed by atoms with van der Waals surface area (Å²) in [6, 6.07) is 18.9. The Labute approximate surface area is 170 Å². The Morgan fingerprint density at radius 1 is 1.03 bits per heavy atom. The van der Waals surface area contributed by atoms with Gasteiger partial charge in [-0.05, 0) is 29.3 Å². The highest BCUT2D eigenvalue weighted by molar-refractivity contribution is 5.35. The van der Waals surface area contributed by atoms with Gasteiger partial charge in [-0.25, -0.2) is 14.4 Å². The lowest BCUT2D eigenvalue weighted by Gasteiger charge is -2.35. The lowest BCUT2D eigenvalue weighted by atomic mass is 10.0. The number of ether oxygens (including phenoxy) is 1. The van der Waals surface area contributed by atoms with E-state index in [0.29, 0.717) is 26.2 Å². The fraction of sp³-hybridized carbons (Fsp3) is 0.304. The van der Waals surface area contributed by atoms with Crippen molar-refractivity contribution in [2.45, 2.75) is 12.5 Å². The van der Waals surface area contributed by atoms with E-state index < -0.39 is 0 Å². The Hall–Kier alpha value is -2.83. The summed E-state index contributed by atoms with van der Waals surface area (Å²) >= 11 is 0. The van der Waals surface area contributed by atoms with Crippen LogP contribution in [0, 0.1) is 5.82 Å². The van der Waals surface area contributed by atoms with E-state index in [1.807, 2.05) is 30.3 Å². The molecule has 0 radical (unpaired) electrons. The highest BCUT2D eigenvalue weighted by Crippen LogP contribution is 2.23. The van der Waals surface area contributed by atoms with E-state index in [0.717, 1.165) is 30.3 Å². The van der Waals surface area contributed by atoms with E-state index in [1.165, 1.54) is 11.6 Å². The largest absolute Gasteiger partial charge is 0.379 e. The molecule has 1 aromatic heterocycles. The van der Waals surface area contributed by atoms with Gasteiger partial charge < -0.3 is 10.1 Å². The summed E-state index contributed by atoms with van der Waals surface area (Å²) in [6.45, 7) is 3.67. The van der Waals surface area contributed by atoms with Crippen LogP contribution in [-0.4, -0.2) is 47.7 Å². The number of aromatic nitrogens is 2. The molecule has 1 fully saturated rings. The Morgan fingerprint density at radius 3 is 2.66 bits per heavy atom. The molecule has 150 valence electrons. The fourth-order valence-electron chi connectivity index (χ4n) is 3.62. The summed E-state index contributed by atoms with van der Waals surface area (Å²) in [5, 5.41) is 3.43. The molecule has 1 aliphatic rings. The Morgan fingerprint density at radius 2 is 1.86 bits per heavy atom. The molecule has 0 amide bonds. The van der Waals surface area contributed by atoms with E-state index in [2.05, 4.69) is 32.3 Å². The number of hydrogen-bond donors (Lipinski definition) is 1. The van der Waals surface area contributed by atoms with E-state index in [9.17, 15) is 4.39 Å². The minimum absolute atomic E-state index is 0.0436. The Bertz CT molecular complexity index is 916. The lowest BCUT2D eigenvalue weighted by molar-refractivity contribution is 0.0186. The van der Waals surface area contributed by atoms with Crippen LogP contribution in [-0.2, 0) is 11.2 Å². The quantitative estimate of drug-likeness (QED) is 0.665. The van der Waals surface area contributed by atoms with Crippen LogP contribution in [0.1, 0.15) is 23.0 Å². The molecule has 2 heterocycles. The van der Waals surface area contributed by atoms with Crippen molar-refractivity contribution in [3.63, 3.8) is 0 Å². The molecule has 29 heavy (non-hydrogen) atoms. The van der Waals surface area contributed by atoms with Gasteiger partial charge in [-0.3, -0.25) is 4.90 Å². The predicted molar refractivity (Wildman–Crippen MR) is 111 cm³/mol. The summed E-state index contributed by atoms with van der Waals surface area (Å²) in [5.74, 6) is 1.34. The minimum atomic E-state index is -0.215. The molecule has 1 saturated heterocycles. The van der Waals surface area contributed by atoms with Gasteiger partial charge in [-0.2, -0.15) is 0 Å². The normalized spacial score (nSPS) is 15.8. The molecule has 1 aliphatic heterocycles. The smallest absolute Gasteiger partial charge is 0.135 e. The molecule has 0 bridgehead atoms. The summed E-state index contributed by atoms with van der Waals surface area (Å²) in [6.07, 6.45) is 2.46. The molecule has 1 atom stereocenters. The van der Waals surface area contributed by atoms with Crippen LogP contribution in [0.15, 0.2) is 66.9 Å². The van der Waals surface area contributed by atoms with Gasteiger partial charge in [0.05, 0.1) is 19.3 Å². The third-order valence-electron chi connectivity index (χ3n) is 5.11. The number of hydrogen-bond acceptors (Lipinski definition) is 5. The average Bonchev–Trinajstić information content (AvgIpc) is 2.76. The van der Waals surface area contributed by atoms with E-state index >= 15 is 0 Å². The van der Waals surface area contributed by atoms with Gasteiger partial charge in [0, 0.05) is 32.3 Å². The average molecular weight is 392 g/mol. The van der Waals surface area contributed by atoms with Crippen LogP contribution in [0.5, 0.6) is 0 Å². The van der Waals surface area contributed by atoms with Crippen LogP contribution in [0.2, 0.25) is 0 Å². The first-order valence-electron chi connectivity index (χ1n) is 9.95. The number of morpholine rings is 1. The van der Waals surface area contributed by atoms with Crippen molar-refractivity contribution in [2.75, 3.05) is 38.2 Å². The molecular weight excluding hydrogens is 367 g/mol. The van der Waals surface area contributed by atoms with Gasteiger partial charge in [0.1, 0.15) is 17.5 Å². The van der Waals surface area contributed by atoms with E-state index in [1.54, 1.807) is 18.3 Å².